The van der Waals surface area contributed by atoms with Gasteiger partial charge in [-0.2, -0.15) is 5.26 Å². The van der Waals surface area contributed by atoms with Gasteiger partial charge < -0.3 is 10.2 Å². The number of aryl methyl sites for hydroxylation is 2. The van der Waals surface area contributed by atoms with Gasteiger partial charge in [0, 0.05) is 35.4 Å². The summed E-state index contributed by atoms with van der Waals surface area (Å²) in [5.74, 6) is 2.05. The van der Waals surface area contributed by atoms with E-state index in [1.165, 1.54) is 43.1 Å². The zero-order valence-corrected chi connectivity index (χ0v) is 16.1. The molecule has 2 aliphatic rings. The van der Waals surface area contributed by atoms with E-state index in [0.717, 1.165) is 30.1 Å². The van der Waals surface area contributed by atoms with Gasteiger partial charge in [-0.25, -0.2) is 4.98 Å². The molecule has 6 nitrogen and oxygen atoms in total. The summed E-state index contributed by atoms with van der Waals surface area (Å²) in [6.07, 6.45) is 9.01. The minimum atomic E-state index is -0.512. The zero-order chi connectivity index (χ0) is 20.2. The third kappa shape index (κ3) is 4.52. The van der Waals surface area contributed by atoms with Gasteiger partial charge in [-0.15, -0.1) is 0 Å². The third-order valence-corrected chi connectivity index (χ3v) is 5.15. The summed E-state index contributed by atoms with van der Waals surface area (Å²) < 4.78 is 5.91. The second-order valence-electron chi connectivity index (χ2n) is 7.40. The topological polar surface area (TPSA) is 106 Å². The molecular formula is C23H22N4O2. The second-order valence-corrected chi connectivity index (χ2v) is 7.40. The van der Waals surface area contributed by atoms with Gasteiger partial charge in [0.05, 0.1) is 17.3 Å². The lowest BCUT2D eigenvalue weighted by molar-refractivity contribution is 0.1000. The first-order chi connectivity index (χ1) is 14.1. The molecule has 0 bridgehead atoms. The predicted molar refractivity (Wildman–Crippen MR) is 108 cm³/mol. The first-order valence-corrected chi connectivity index (χ1v) is 9.89. The number of rotatable bonds is 3. The molecule has 1 aromatic carbocycles. The average molecular weight is 386 g/mol. The Morgan fingerprint density at radius 2 is 2.00 bits per heavy atom. The van der Waals surface area contributed by atoms with Crippen molar-refractivity contribution in [3.05, 3.63) is 70.9 Å². The van der Waals surface area contributed by atoms with Gasteiger partial charge in [-0.3, -0.25) is 9.78 Å². The van der Waals surface area contributed by atoms with Gasteiger partial charge in [-0.05, 0) is 62.4 Å². The Morgan fingerprint density at radius 1 is 1.17 bits per heavy atom. The Kier molecular flexibility index (Phi) is 5.39. The van der Waals surface area contributed by atoms with Crippen LogP contribution in [0.1, 0.15) is 64.7 Å². The molecule has 2 aromatic heterocycles. The maximum Gasteiger partial charge on any atom is 0.248 e. The van der Waals surface area contributed by atoms with Crippen LogP contribution in [0.25, 0.3) is 11.5 Å². The number of nitrogens with zero attached hydrogens (tertiary/aromatic N) is 3. The van der Waals surface area contributed by atoms with Crippen molar-refractivity contribution in [3.8, 4) is 17.5 Å². The first kappa shape index (κ1) is 18.9. The minimum Gasteiger partial charge on any atom is -0.441 e. The van der Waals surface area contributed by atoms with Crippen LogP contribution in [-0.2, 0) is 12.8 Å². The van der Waals surface area contributed by atoms with Crippen molar-refractivity contribution in [2.45, 2.75) is 44.4 Å². The van der Waals surface area contributed by atoms with Crippen LogP contribution < -0.4 is 5.73 Å². The number of hydrogen-bond donors (Lipinski definition) is 1. The van der Waals surface area contributed by atoms with Gasteiger partial charge in [0.1, 0.15) is 5.76 Å². The average Bonchev–Trinajstić information content (AvgIpc) is 3.52. The quantitative estimate of drug-likeness (QED) is 0.728. The molecule has 1 fully saturated rings. The number of pyridine rings is 1. The highest BCUT2D eigenvalue weighted by molar-refractivity contribution is 5.93. The summed E-state index contributed by atoms with van der Waals surface area (Å²) in [5, 5.41) is 8.44. The zero-order valence-electron chi connectivity index (χ0n) is 16.1. The van der Waals surface area contributed by atoms with E-state index in [1.807, 2.05) is 18.3 Å². The van der Waals surface area contributed by atoms with Crippen LogP contribution >= 0.6 is 0 Å². The standard InChI is InChI=1S/C15H16N2O.C8H6N2O/c1-2-4-14-12(3-1)17-15(18-14)11-7-8-16-13(9-11)10-5-6-10;9-5-6-2-1-3-7(4-6)8(10)11/h7-10H,1-6H2;1-4H,(H2,10,11). The molecule has 0 atom stereocenters. The number of nitrogens with two attached hydrogens (primary N) is 1. The highest BCUT2D eigenvalue weighted by atomic mass is 16.4. The Bertz CT molecular complexity index is 1050. The van der Waals surface area contributed by atoms with Crippen molar-refractivity contribution in [2.24, 2.45) is 5.73 Å². The molecule has 0 unspecified atom stereocenters. The van der Waals surface area contributed by atoms with E-state index in [4.69, 9.17) is 15.4 Å². The van der Waals surface area contributed by atoms with Crippen LogP contribution in [0.2, 0.25) is 0 Å². The van der Waals surface area contributed by atoms with Gasteiger partial charge in [-0.1, -0.05) is 6.07 Å². The van der Waals surface area contributed by atoms with Gasteiger partial charge in [0.25, 0.3) is 0 Å². The number of amides is 1. The molecule has 5 rings (SSSR count). The summed E-state index contributed by atoms with van der Waals surface area (Å²) >= 11 is 0. The fourth-order valence-corrected chi connectivity index (χ4v) is 3.40. The molecule has 1 saturated carbocycles. The normalized spacial score (nSPS) is 14.9. The van der Waals surface area contributed by atoms with Crippen molar-refractivity contribution in [1.29, 1.82) is 5.26 Å². The highest BCUT2D eigenvalue weighted by Crippen LogP contribution is 2.40. The van der Waals surface area contributed by atoms with Gasteiger partial charge >= 0.3 is 0 Å². The summed E-state index contributed by atoms with van der Waals surface area (Å²) in [6.45, 7) is 0. The molecule has 2 aliphatic carbocycles. The molecule has 1 amide bonds. The summed E-state index contributed by atoms with van der Waals surface area (Å²) in [7, 11) is 0. The smallest absolute Gasteiger partial charge is 0.248 e. The second kappa shape index (κ2) is 8.27. The molecule has 2 heterocycles. The number of primary amides is 1. The van der Waals surface area contributed by atoms with Crippen molar-refractivity contribution >= 4 is 5.91 Å². The van der Waals surface area contributed by atoms with Crippen molar-refractivity contribution in [3.63, 3.8) is 0 Å². The highest BCUT2D eigenvalue weighted by Gasteiger charge is 2.26. The first-order valence-electron chi connectivity index (χ1n) is 9.89. The van der Waals surface area contributed by atoms with Crippen LogP contribution in [-0.4, -0.2) is 15.9 Å². The van der Waals surface area contributed by atoms with Crippen molar-refractivity contribution < 1.29 is 9.21 Å². The third-order valence-electron chi connectivity index (χ3n) is 5.15. The van der Waals surface area contributed by atoms with E-state index in [1.54, 1.807) is 18.2 Å². The number of oxazole rings is 1. The lowest BCUT2D eigenvalue weighted by Gasteiger charge is -2.05. The van der Waals surface area contributed by atoms with E-state index in [0.29, 0.717) is 17.0 Å². The van der Waals surface area contributed by atoms with E-state index in [2.05, 4.69) is 16.0 Å². The van der Waals surface area contributed by atoms with Crippen LogP contribution in [0, 0.1) is 11.3 Å². The summed E-state index contributed by atoms with van der Waals surface area (Å²) in [6, 6.07) is 12.3. The number of carbonyl (C=O) groups is 1. The predicted octanol–water partition coefficient (Wildman–Crippen LogP) is 4.15. The summed E-state index contributed by atoms with van der Waals surface area (Å²) in [4.78, 5) is 19.7. The van der Waals surface area contributed by atoms with Gasteiger partial charge in [0.2, 0.25) is 11.8 Å². The van der Waals surface area contributed by atoms with E-state index in [-0.39, 0.29) is 0 Å². The number of carbonyl (C=O) groups excluding carboxylic acids is 1. The van der Waals surface area contributed by atoms with Crippen LogP contribution in [0.15, 0.2) is 47.0 Å². The van der Waals surface area contributed by atoms with Gasteiger partial charge in [0.15, 0.2) is 0 Å². The molecule has 0 saturated heterocycles. The van der Waals surface area contributed by atoms with Crippen LogP contribution in [0.4, 0.5) is 0 Å². The molecule has 6 heteroatoms. The lowest BCUT2D eigenvalue weighted by atomic mass is 10.0. The molecule has 2 N–H and O–H groups in total. The van der Waals surface area contributed by atoms with Crippen LogP contribution in [0.5, 0.6) is 0 Å². The minimum absolute atomic E-state index is 0.365. The van der Waals surface area contributed by atoms with Crippen LogP contribution in [0.3, 0.4) is 0 Å². The Morgan fingerprint density at radius 3 is 2.72 bits per heavy atom. The Labute approximate surface area is 169 Å². The maximum absolute atomic E-state index is 10.6. The molecule has 0 radical (unpaired) electrons. The van der Waals surface area contributed by atoms with Crippen molar-refractivity contribution in [2.75, 3.05) is 0 Å². The lowest BCUT2D eigenvalue weighted by Crippen LogP contribution is -2.10. The molecule has 29 heavy (non-hydrogen) atoms. The number of aromatic nitrogens is 2. The molecule has 0 aliphatic heterocycles. The molecular weight excluding hydrogens is 364 g/mol. The number of benzene rings is 1. The SMILES string of the molecule is N#Cc1cccc(C(N)=O)c1.c1cc(-c2nc3c(o2)CCCC3)cc(C2CC2)n1. The Balaban J connectivity index is 0.000000161. The Hall–Kier alpha value is -3.46. The number of hydrogen-bond acceptors (Lipinski definition) is 5. The fraction of sp³-hybridized carbons (Fsp3) is 0.304. The molecule has 3 aromatic rings. The van der Waals surface area contributed by atoms with E-state index in [9.17, 15) is 4.79 Å². The fourth-order valence-electron chi connectivity index (χ4n) is 3.40. The van der Waals surface area contributed by atoms with E-state index < -0.39 is 5.91 Å². The largest absolute Gasteiger partial charge is 0.441 e. The van der Waals surface area contributed by atoms with Crippen molar-refractivity contribution in [1.82, 2.24) is 9.97 Å². The monoisotopic (exact) mass is 386 g/mol. The maximum atomic E-state index is 10.6. The molecule has 146 valence electrons. The summed E-state index contributed by atoms with van der Waals surface area (Å²) in [5.41, 5.74) is 9.25. The number of nitriles is 1. The van der Waals surface area contributed by atoms with E-state index >= 15 is 0 Å². The molecule has 0 spiro atoms. The number of fused-ring (bicyclic) bond motifs is 1.